The molecule has 2 bridgehead atoms. The van der Waals surface area contributed by atoms with E-state index < -0.39 is 35.6 Å². The molecule has 0 aromatic heterocycles. The number of amides is 1. The zero-order valence-corrected chi connectivity index (χ0v) is 14.4. The number of carbonyl (C=O) groups is 2. The molecule has 3 aliphatic rings. The number of carbonyl (C=O) groups excluding carboxylic acids is 2. The first-order valence-corrected chi connectivity index (χ1v) is 8.46. The number of hydrogen-bond donors (Lipinski definition) is 0. The molecule has 0 aromatic rings. The Morgan fingerprint density at radius 3 is 2.38 bits per heavy atom. The molecule has 3 unspecified atom stereocenters. The smallest absolute Gasteiger partial charge is 0.397 e. The molecule has 0 N–H and O–H groups in total. The Balaban J connectivity index is 1.83. The largest absolute Gasteiger partial charge is 0.456 e. The monoisotopic (exact) mass is 347 g/mol. The van der Waals surface area contributed by atoms with Gasteiger partial charge in [0.1, 0.15) is 12.0 Å². The van der Waals surface area contributed by atoms with Crippen LogP contribution in [0.2, 0.25) is 0 Å². The number of esters is 1. The Hall–Kier alpha value is -1.27. The van der Waals surface area contributed by atoms with Crippen molar-refractivity contribution in [3.8, 4) is 0 Å². The van der Waals surface area contributed by atoms with Crippen molar-refractivity contribution in [2.24, 2.45) is 23.2 Å². The molecule has 1 saturated heterocycles. The lowest BCUT2D eigenvalue weighted by atomic mass is 9.80. The van der Waals surface area contributed by atoms with Gasteiger partial charge in [-0.2, -0.15) is 13.2 Å². The quantitative estimate of drug-likeness (QED) is 0.721. The number of alkyl halides is 3. The van der Waals surface area contributed by atoms with Crippen molar-refractivity contribution in [2.75, 3.05) is 6.54 Å². The number of likely N-dealkylation sites (tertiary alicyclic amines) is 1. The highest BCUT2D eigenvalue weighted by molar-refractivity contribution is 5.80. The van der Waals surface area contributed by atoms with Crippen molar-refractivity contribution < 1.29 is 27.5 Å². The molecular formula is C17H24F3NO3. The van der Waals surface area contributed by atoms with Crippen LogP contribution in [0.1, 0.15) is 47.0 Å². The maximum atomic E-state index is 12.6. The van der Waals surface area contributed by atoms with Gasteiger partial charge in [-0.25, -0.2) is 0 Å². The summed E-state index contributed by atoms with van der Waals surface area (Å²) >= 11 is 0. The van der Waals surface area contributed by atoms with E-state index >= 15 is 0 Å². The molecule has 5 atom stereocenters. The van der Waals surface area contributed by atoms with Gasteiger partial charge in [-0.05, 0) is 45.4 Å². The molecule has 2 aliphatic carbocycles. The lowest BCUT2D eigenvalue weighted by Gasteiger charge is -2.34. The lowest BCUT2D eigenvalue weighted by Crippen LogP contribution is -2.43. The summed E-state index contributed by atoms with van der Waals surface area (Å²) in [4.78, 5) is 25.9. The molecule has 136 valence electrons. The molecule has 3 rings (SSSR count). The van der Waals surface area contributed by atoms with Gasteiger partial charge >= 0.3 is 12.1 Å². The maximum Gasteiger partial charge on any atom is 0.397 e. The predicted molar refractivity (Wildman–Crippen MR) is 79.8 cm³/mol. The number of rotatable bonds is 2. The summed E-state index contributed by atoms with van der Waals surface area (Å²) in [7, 11) is 0. The molecule has 3 fully saturated rings. The van der Waals surface area contributed by atoms with E-state index in [-0.39, 0.29) is 23.7 Å². The summed E-state index contributed by atoms with van der Waals surface area (Å²) in [5, 5.41) is 0. The van der Waals surface area contributed by atoms with Crippen LogP contribution in [0.25, 0.3) is 0 Å². The van der Waals surface area contributed by atoms with Crippen LogP contribution in [0.5, 0.6) is 0 Å². The Morgan fingerprint density at radius 1 is 1.21 bits per heavy atom. The van der Waals surface area contributed by atoms with Gasteiger partial charge in [0.25, 0.3) is 0 Å². The summed E-state index contributed by atoms with van der Waals surface area (Å²) in [6.45, 7) is 7.57. The van der Waals surface area contributed by atoms with Crippen LogP contribution in [0.15, 0.2) is 0 Å². The highest BCUT2D eigenvalue weighted by Gasteiger charge is 2.77. The molecule has 1 amide bonds. The van der Waals surface area contributed by atoms with Crippen LogP contribution in [-0.2, 0) is 14.3 Å². The fraction of sp³-hybridized carbons (Fsp3) is 0.882. The molecule has 7 heteroatoms. The van der Waals surface area contributed by atoms with E-state index in [9.17, 15) is 22.8 Å². The highest BCUT2D eigenvalue weighted by atomic mass is 19.4. The van der Waals surface area contributed by atoms with E-state index in [1.165, 1.54) is 4.90 Å². The van der Waals surface area contributed by atoms with E-state index in [4.69, 9.17) is 4.74 Å². The molecule has 1 aliphatic heterocycles. The summed E-state index contributed by atoms with van der Waals surface area (Å²) < 4.78 is 43.7. The summed E-state index contributed by atoms with van der Waals surface area (Å²) in [6, 6.07) is -0.396. The van der Waals surface area contributed by atoms with E-state index in [0.717, 1.165) is 12.8 Å². The van der Waals surface area contributed by atoms with Gasteiger partial charge in [-0.3, -0.25) is 9.59 Å². The third-order valence-electron chi connectivity index (χ3n) is 5.70. The fourth-order valence-corrected chi connectivity index (χ4v) is 4.63. The van der Waals surface area contributed by atoms with Crippen LogP contribution in [0.3, 0.4) is 0 Å². The van der Waals surface area contributed by atoms with E-state index in [2.05, 4.69) is 0 Å². The van der Waals surface area contributed by atoms with Crippen LogP contribution in [0.4, 0.5) is 13.2 Å². The number of halogens is 3. The van der Waals surface area contributed by atoms with Gasteiger partial charge < -0.3 is 9.64 Å². The van der Waals surface area contributed by atoms with Crippen molar-refractivity contribution in [3.05, 3.63) is 0 Å². The van der Waals surface area contributed by atoms with Gasteiger partial charge in [-0.15, -0.1) is 0 Å². The Bertz CT molecular complexity index is 568. The predicted octanol–water partition coefficient (Wildman–Crippen LogP) is 3.15. The first-order valence-electron chi connectivity index (χ1n) is 8.46. The van der Waals surface area contributed by atoms with Crippen LogP contribution in [-0.4, -0.2) is 41.1 Å². The molecular weight excluding hydrogens is 323 g/mol. The maximum absolute atomic E-state index is 12.6. The molecule has 4 nitrogen and oxygen atoms in total. The topological polar surface area (TPSA) is 46.6 Å². The van der Waals surface area contributed by atoms with Crippen LogP contribution in [0, 0.1) is 23.2 Å². The van der Waals surface area contributed by atoms with Crippen LogP contribution >= 0.6 is 0 Å². The second-order valence-corrected chi connectivity index (χ2v) is 8.62. The standard InChI is InChI=1S/C17H24F3NO3/c1-9-5-10-6-11-13(17(9,11)24-14(23)15(2,3)4)21(8-10)12(22)7-16(18,19)20/h9-11,13H,5-8H2,1-4H3/t9?,10?,11-,13?,17+/m1/s1. The fourth-order valence-electron chi connectivity index (χ4n) is 4.63. The highest BCUT2D eigenvalue weighted by Crippen LogP contribution is 2.66. The molecule has 0 aromatic carbocycles. The third kappa shape index (κ3) is 2.69. The normalized spacial score (nSPS) is 37.9. The van der Waals surface area contributed by atoms with Crippen molar-refractivity contribution in [2.45, 2.75) is 64.8 Å². The molecule has 0 radical (unpaired) electrons. The van der Waals surface area contributed by atoms with Crippen molar-refractivity contribution >= 4 is 11.9 Å². The Morgan fingerprint density at radius 2 is 1.83 bits per heavy atom. The second kappa shape index (κ2) is 5.11. The SMILES string of the molecule is CC1CC2C[C@@H]3C(N(C(=O)CC(F)(F)F)C2)[C@]13OC(=O)C(C)(C)C. The summed E-state index contributed by atoms with van der Waals surface area (Å²) in [5.41, 5.74) is -1.48. The van der Waals surface area contributed by atoms with E-state index in [1.807, 2.05) is 6.92 Å². The zero-order valence-electron chi connectivity index (χ0n) is 14.4. The van der Waals surface area contributed by atoms with Gasteiger partial charge in [0.2, 0.25) is 5.91 Å². The van der Waals surface area contributed by atoms with Gasteiger partial charge in [-0.1, -0.05) is 6.92 Å². The summed E-state index contributed by atoms with van der Waals surface area (Å²) in [5.74, 6) is -1.03. The number of fused-ring (bicyclic) bond motifs is 2. The molecule has 24 heavy (non-hydrogen) atoms. The van der Waals surface area contributed by atoms with Crippen molar-refractivity contribution in [1.82, 2.24) is 4.90 Å². The zero-order chi connectivity index (χ0) is 18.1. The minimum Gasteiger partial charge on any atom is -0.456 e. The van der Waals surface area contributed by atoms with Crippen LogP contribution < -0.4 is 0 Å². The lowest BCUT2D eigenvalue weighted by molar-refractivity contribution is -0.170. The number of ether oxygens (including phenoxy) is 1. The van der Waals surface area contributed by atoms with E-state index in [1.54, 1.807) is 20.8 Å². The molecule has 2 saturated carbocycles. The number of nitrogens with zero attached hydrogens (tertiary/aromatic N) is 1. The average molecular weight is 347 g/mol. The van der Waals surface area contributed by atoms with Gasteiger partial charge in [0.15, 0.2) is 0 Å². The third-order valence-corrected chi connectivity index (χ3v) is 5.70. The molecule has 1 heterocycles. The molecule has 0 spiro atoms. The van der Waals surface area contributed by atoms with Gasteiger partial charge in [0, 0.05) is 12.5 Å². The number of hydrogen-bond acceptors (Lipinski definition) is 3. The van der Waals surface area contributed by atoms with Gasteiger partial charge in [0.05, 0.1) is 11.5 Å². The minimum atomic E-state index is -4.52. The van der Waals surface area contributed by atoms with E-state index in [0.29, 0.717) is 6.54 Å². The van der Waals surface area contributed by atoms with Crippen molar-refractivity contribution in [1.29, 1.82) is 0 Å². The second-order valence-electron chi connectivity index (χ2n) is 8.62. The summed E-state index contributed by atoms with van der Waals surface area (Å²) in [6.07, 6.45) is -4.36. The van der Waals surface area contributed by atoms with Crippen molar-refractivity contribution in [3.63, 3.8) is 0 Å². The minimum absolute atomic E-state index is 0.0246. The number of piperidine rings is 1. The Kier molecular flexibility index (Phi) is 3.74. The Labute approximate surface area is 139 Å². The average Bonchev–Trinajstić information content (AvgIpc) is 3.06. The first-order chi connectivity index (χ1) is 10.9. The first kappa shape index (κ1) is 17.5.